The second-order valence-corrected chi connectivity index (χ2v) is 8.12. The molecule has 0 aliphatic carbocycles. The van der Waals surface area contributed by atoms with E-state index in [1.165, 1.54) is 11.8 Å². The first-order valence-corrected chi connectivity index (χ1v) is 9.65. The van der Waals surface area contributed by atoms with Crippen LogP contribution in [0.1, 0.15) is 11.1 Å². The highest BCUT2D eigenvalue weighted by Crippen LogP contribution is 2.36. The van der Waals surface area contributed by atoms with Gasteiger partial charge >= 0.3 is 0 Å². The van der Waals surface area contributed by atoms with Gasteiger partial charge in [-0.05, 0) is 41.5 Å². The second kappa shape index (κ2) is 7.25. The minimum absolute atomic E-state index is 0.0700. The number of fused-ring (bicyclic) bond motifs is 1. The lowest BCUT2D eigenvalue weighted by Crippen LogP contribution is -2.27. The Morgan fingerprint density at radius 1 is 1.15 bits per heavy atom. The fraction of sp³-hybridized carbons (Fsp3) is 0.200. The van der Waals surface area contributed by atoms with Crippen molar-refractivity contribution in [3.8, 4) is 11.5 Å². The summed E-state index contributed by atoms with van der Waals surface area (Å²) in [5.74, 6) is 1.36. The van der Waals surface area contributed by atoms with Crippen LogP contribution in [0.15, 0.2) is 47.4 Å². The Hall–Kier alpha value is -2.51. The normalized spacial score (nSPS) is 17.1. The summed E-state index contributed by atoms with van der Waals surface area (Å²) in [7, 11) is 3.99. The van der Waals surface area contributed by atoms with Crippen LogP contribution in [-0.4, -0.2) is 36.0 Å². The topological polar surface area (TPSA) is 42.0 Å². The maximum absolute atomic E-state index is 12.8. The summed E-state index contributed by atoms with van der Waals surface area (Å²) in [6.07, 6.45) is 1.89. The zero-order valence-corrected chi connectivity index (χ0v) is 16.6. The van der Waals surface area contributed by atoms with E-state index < -0.39 is 0 Å². The van der Waals surface area contributed by atoms with Gasteiger partial charge in [0.25, 0.3) is 5.91 Å². The van der Waals surface area contributed by atoms with Gasteiger partial charge in [-0.3, -0.25) is 9.69 Å². The van der Waals surface area contributed by atoms with Crippen molar-refractivity contribution in [3.05, 3.63) is 58.5 Å². The number of thiocarbonyl (C=S) groups is 1. The van der Waals surface area contributed by atoms with E-state index in [9.17, 15) is 4.79 Å². The van der Waals surface area contributed by atoms with E-state index in [4.69, 9.17) is 21.7 Å². The van der Waals surface area contributed by atoms with Gasteiger partial charge in [-0.25, -0.2) is 0 Å². The lowest BCUT2D eigenvalue weighted by molar-refractivity contribution is -0.122. The third kappa shape index (κ3) is 3.65. The van der Waals surface area contributed by atoms with E-state index in [2.05, 4.69) is 0 Å². The number of ether oxygens (including phenoxy) is 2. The molecule has 0 bridgehead atoms. The van der Waals surface area contributed by atoms with Gasteiger partial charge in [-0.1, -0.05) is 42.2 Å². The fourth-order valence-electron chi connectivity index (χ4n) is 2.88. The Kier molecular flexibility index (Phi) is 4.80. The molecule has 5 nitrogen and oxygen atoms in total. The van der Waals surface area contributed by atoms with Gasteiger partial charge in [0.2, 0.25) is 6.79 Å². The molecule has 0 spiro atoms. The molecule has 1 amide bonds. The maximum atomic E-state index is 12.8. The first-order chi connectivity index (χ1) is 13.0. The highest BCUT2D eigenvalue weighted by Gasteiger charge is 2.32. The zero-order chi connectivity index (χ0) is 19.0. The molecule has 2 aromatic rings. The number of carbonyl (C=O) groups excluding carboxylic acids is 1. The van der Waals surface area contributed by atoms with Gasteiger partial charge in [-0.15, -0.1) is 0 Å². The Balaban J connectivity index is 1.51. The van der Waals surface area contributed by atoms with Gasteiger partial charge in [0, 0.05) is 19.8 Å². The molecule has 2 aromatic carbocycles. The number of anilines is 1. The van der Waals surface area contributed by atoms with Gasteiger partial charge in [0.1, 0.15) is 4.32 Å². The average molecular weight is 399 g/mol. The molecular formula is C20H18N2O3S2. The van der Waals surface area contributed by atoms with Crippen molar-refractivity contribution < 1.29 is 14.3 Å². The van der Waals surface area contributed by atoms with Gasteiger partial charge in [-0.2, -0.15) is 0 Å². The number of carbonyl (C=O) groups is 1. The Morgan fingerprint density at radius 3 is 2.63 bits per heavy atom. The molecule has 4 rings (SSSR count). The summed E-state index contributed by atoms with van der Waals surface area (Å²) in [6, 6.07) is 13.7. The molecular weight excluding hydrogens is 380 g/mol. The molecule has 0 aromatic heterocycles. The summed E-state index contributed by atoms with van der Waals surface area (Å²) in [4.78, 5) is 17.1. The average Bonchev–Trinajstić information content (AvgIpc) is 3.22. The van der Waals surface area contributed by atoms with E-state index in [-0.39, 0.29) is 12.7 Å². The Bertz CT molecular complexity index is 939. The molecule has 0 N–H and O–H groups in total. The summed E-state index contributed by atoms with van der Waals surface area (Å²) in [6.45, 7) is 0.646. The molecule has 0 saturated carbocycles. The minimum Gasteiger partial charge on any atom is -0.454 e. The van der Waals surface area contributed by atoms with Crippen LogP contribution in [0.5, 0.6) is 11.5 Å². The minimum atomic E-state index is -0.0700. The molecule has 138 valence electrons. The molecule has 1 saturated heterocycles. The van der Waals surface area contributed by atoms with Crippen molar-refractivity contribution in [1.82, 2.24) is 4.90 Å². The number of rotatable bonds is 4. The highest BCUT2D eigenvalue weighted by molar-refractivity contribution is 8.26. The fourth-order valence-corrected chi connectivity index (χ4v) is 4.13. The number of nitrogens with zero attached hydrogens (tertiary/aromatic N) is 2. The predicted octanol–water partition coefficient (Wildman–Crippen LogP) is 3.88. The molecule has 2 heterocycles. The van der Waals surface area contributed by atoms with Crippen LogP contribution in [0, 0.1) is 0 Å². The number of thioether (sulfide) groups is 1. The van der Waals surface area contributed by atoms with Crippen LogP contribution in [0.3, 0.4) is 0 Å². The van der Waals surface area contributed by atoms with Crippen molar-refractivity contribution in [1.29, 1.82) is 0 Å². The SMILES string of the molecule is CN(C)c1ccc(C=C2SC(=S)N(Cc3ccc4c(c3)OCO4)C2=O)cc1. The molecule has 2 aliphatic heterocycles. The first kappa shape index (κ1) is 17.9. The number of hydrogen-bond donors (Lipinski definition) is 0. The van der Waals surface area contributed by atoms with Crippen LogP contribution < -0.4 is 14.4 Å². The molecule has 0 unspecified atom stereocenters. The van der Waals surface area contributed by atoms with Crippen molar-refractivity contribution in [2.45, 2.75) is 6.54 Å². The molecule has 2 aliphatic rings. The smallest absolute Gasteiger partial charge is 0.266 e. The van der Waals surface area contributed by atoms with Crippen LogP contribution >= 0.6 is 24.0 Å². The highest BCUT2D eigenvalue weighted by atomic mass is 32.2. The molecule has 1 fully saturated rings. The monoisotopic (exact) mass is 398 g/mol. The van der Waals surface area contributed by atoms with Crippen molar-refractivity contribution in [3.63, 3.8) is 0 Å². The zero-order valence-electron chi connectivity index (χ0n) is 15.0. The van der Waals surface area contributed by atoms with E-state index in [0.29, 0.717) is 21.5 Å². The van der Waals surface area contributed by atoms with E-state index in [1.807, 2.05) is 67.5 Å². The van der Waals surface area contributed by atoms with Crippen molar-refractivity contribution >= 4 is 46.0 Å². The van der Waals surface area contributed by atoms with Crippen LogP contribution in [0.2, 0.25) is 0 Å². The number of hydrogen-bond acceptors (Lipinski definition) is 6. The standard InChI is InChI=1S/C20H18N2O3S2/c1-21(2)15-6-3-13(4-7-15)10-18-19(23)22(20(26)27-18)11-14-5-8-16-17(9-14)25-12-24-16/h3-10H,11-12H2,1-2H3. The summed E-state index contributed by atoms with van der Waals surface area (Å²) < 4.78 is 11.3. The van der Waals surface area contributed by atoms with Gasteiger partial charge < -0.3 is 14.4 Å². The number of benzene rings is 2. The van der Waals surface area contributed by atoms with E-state index in [1.54, 1.807) is 4.90 Å². The largest absolute Gasteiger partial charge is 0.454 e. The Labute approximate surface area is 167 Å². The van der Waals surface area contributed by atoms with E-state index in [0.717, 1.165) is 22.6 Å². The summed E-state index contributed by atoms with van der Waals surface area (Å²) >= 11 is 6.76. The second-order valence-electron chi connectivity index (χ2n) is 6.44. The molecule has 0 radical (unpaired) electrons. The first-order valence-electron chi connectivity index (χ1n) is 8.42. The molecule has 27 heavy (non-hydrogen) atoms. The quantitative estimate of drug-likeness (QED) is 0.575. The van der Waals surface area contributed by atoms with Crippen molar-refractivity contribution in [2.75, 3.05) is 25.8 Å². The van der Waals surface area contributed by atoms with Gasteiger partial charge in [0.05, 0.1) is 11.4 Å². The Morgan fingerprint density at radius 2 is 1.89 bits per heavy atom. The summed E-state index contributed by atoms with van der Waals surface area (Å²) in [5, 5.41) is 0. The molecule has 7 heteroatoms. The lowest BCUT2D eigenvalue weighted by Gasteiger charge is -2.14. The van der Waals surface area contributed by atoms with Gasteiger partial charge in [0.15, 0.2) is 11.5 Å². The van der Waals surface area contributed by atoms with E-state index >= 15 is 0 Å². The third-order valence-electron chi connectivity index (χ3n) is 4.36. The number of amides is 1. The maximum Gasteiger partial charge on any atom is 0.266 e. The van der Waals surface area contributed by atoms with Crippen LogP contribution in [0.25, 0.3) is 6.08 Å². The summed E-state index contributed by atoms with van der Waals surface area (Å²) in [5.41, 5.74) is 3.04. The van der Waals surface area contributed by atoms with Crippen molar-refractivity contribution in [2.24, 2.45) is 0 Å². The van der Waals surface area contributed by atoms with Crippen LogP contribution in [0.4, 0.5) is 5.69 Å². The third-order valence-corrected chi connectivity index (χ3v) is 5.74. The predicted molar refractivity (Wildman–Crippen MR) is 112 cm³/mol. The van der Waals surface area contributed by atoms with Crippen LogP contribution in [-0.2, 0) is 11.3 Å². The lowest BCUT2D eigenvalue weighted by atomic mass is 10.1. The molecule has 0 atom stereocenters.